The van der Waals surface area contributed by atoms with E-state index in [1.807, 2.05) is 24.5 Å². The van der Waals surface area contributed by atoms with Gasteiger partial charge in [-0.25, -0.2) is 4.98 Å². The van der Waals surface area contributed by atoms with Crippen LogP contribution in [0.3, 0.4) is 0 Å². The molecule has 196 valence electrons. The largest absolute Gasteiger partial charge is 0.370 e. The molecule has 8 nitrogen and oxygen atoms in total. The third-order valence-electron chi connectivity index (χ3n) is 7.82. The van der Waals surface area contributed by atoms with Gasteiger partial charge in [0.1, 0.15) is 11.5 Å². The van der Waals surface area contributed by atoms with E-state index in [1.54, 1.807) is 6.20 Å². The minimum atomic E-state index is -0.191. The third kappa shape index (κ3) is 5.27. The Labute approximate surface area is 224 Å². The number of piperazine rings is 1. The molecule has 6 rings (SSSR count). The molecule has 2 aromatic heterocycles. The first kappa shape index (κ1) is 24.6. The molecule has 0 bridgehead atoms. The number of carbonyl (C=O) groups is 1. The van der Waals surface area contributed by atoms with Crippen molar-refractivity contribution in [1.29, 1.82) is 0 Å². The number of hydrogen-bond acceptors (Lipinski definition) is 7. The molecular weight excluding hydrogens is 474 g/mol. The minimum Gasteiger partial charge on any atom is -0.370 e. The molecule has 1 N–H and O–H groups in total. The summed E-state index contributed by atoms with van der Waals surface area (Å²) in [6.07, 6.45) is 9.89. The minimum absolute atomic E-state index is 0.191. The van der Waals surface area contributed by atoms with Gasteiger partial charge in [0.05, 0.1) is 23.8 Å². The molecular formula is C30H35N7O. The predicted octanol–water partition coefficient (Wildman–Crippen LogP) is 3.87. The number of aryl methyl sites for hydroxylation is 1. The lowest BCUT2D eigenvalue weighted by Crippen LogP contribution is -2.44. The highest BCUT2D eigenvalue weighted by molar-refractivity contribution is 6.49. The molecule has 8 heteroatoms. The molecule has 1 amide bonds. The number of rotatable bonds is 5. The van der Waals surface area contributed by atoms with Crippen LogP contribution in [0.5, 0.6) is 0 Å². The summed E-state index contributed by atoms with van der Waals surface area (Å²) in [5.74, 6) is 0.756. The molecule has 3 aliphatic heterocycles. The van der Waals surface area contributed by atoms with Gasteiger partial charge >= 0.3 is 0 Å². The summed E-state index contributed by atoms with van der Waals surface area (Å²) < 4.78 is 0. The molecule has 3 aliphatic rings. The summed E-state index contributed by atoms with van der Waals surface area (Å²) in [5.41, 5.74) is 6.52. The number of nitrogens with one attached hydrogen (secondary N) is 1. The van der Waals surface area contributed by atoms with Crippen LogP contribution in [0.25, 0.3) is 11.1 Å². The van der Waals surface area contributed by atoms with Gasteiger partial charge in [0.2, 0.25) is 0 Å². The topological polar surface area (TPSA) is 77.0 Å². The second-order valence-electron chi connectivity index (χ2n) is 10.5. The number of likely N-dealkylation sites (N-methyl/N-ethyl adjacent to an activating group) is 1. The average Bonchev–Trinajstić information content (AvgIpc) is 3.41. The van der Waals surface area contributed by atoms with Crippen molar-refractivity contribution in [3.05, 3.63) is 66.1 Å². The van der Waals surface area contributed by atoms with Crippen molar-refractivity contribution in [1.82, 2.24) is 14.9 Å². The Hall–Kier alpha value is -3.78. The molecule has 1 aromatic carbocycles. The van der Waals surface area contributed by atoms with Crippen molar-refractivity contribution >= 4 is 28.8 Å². The normalized spacial score (nSPS) is 18.1. The van der Waals surface area contributed by atoms with Crippen LogP contribution in [0.1, 0.15) is 30.4 Å². The summed E-state index contributed by atoms with van der Waals surface area (Å²) in [6.45, 7) is 6.78. The monoisotopic (exact) mass is 509 g/mol. The van der Waals surface area contributed by atoms with E-state index in [1.165, 1.54) is 12.8 Å². The molecule has 0 radical (unpaired) electrons. The molecule has 0 saturated carbocycles. The van der Waals surface area contributed by atoms with E-state index < -0.39 is 0 Å². The van der Waals surface area contributed by atoms with Crippen LogP contribution in [0.2, 0.25) is 0 Å². The predicted molar refractivity (Wildman–Crippen MR) is 153 cm³/mol. The Balaban J connectivity index is 1.22. The second-order valence-corrected chi connectivity index (χ2v) is 10.5. The molecule has 2 saturated heterocycles. The standard InChI is InChI=1S/C30H35N7O/c1-35-13-15-37(16-14-35)28-9-8-25(20-33-28)34-30(38)29-27-18-23(7-6-22(27)5-4-10-32-29)24-17-26(21-31-19-24)36-11-2-3-12-36/h6-9,17-21H,2-5,10-16H2,1H3,(H,34,38). The number of pyridine rings is 2. The van der Waals surface area contributed by atoms with Crippen molar-refractivity contribution in [2.75, 3.05) is 68.0 Å². The van der Waals surface area contributed by atoms with Crippen molar-refractivity contribution in [2.45, 2.75) is 25.7 Å². The fraction of sp³-hybridized carbons (Fsp3) is 0.400. The van der Waals surface area contributed by atoms with Gasteiger partial charge in [0.25, 0.3) is 5.91 Å². The Morgan fingerprint density at radius 2 is 1.68 bits per heavy atom. The van der Waals surface area contributed by atoms with Gasteiger partial charge in [-0.1, -0.05) is 12.1 Å². The lowest BCUT2D eigenvalue weighted by molar-refractivity contribution is -0.110. The first-order valence-corrected chi connectivity index (χ1v) is 13.7. The van der Waals surface area contributed by atoms with E-state index in [9.17, 15) is 4.79 Å². The van der Waals surface area contributed by atoms with Gasteiger partial charge in [-0.15, -0.1) is 0 Å². The fourth-order valence-corrected chi connectivity index (χ4v) is 5.54. The summed E-state index contributed by atoms with van der Waals surface area (Å²) >= 11 is 0. The smallest absolute Gasteiger partial charge is 0.274 e. The highest BCUT2D eigenvalue weighted by atomic mass is 16.1. The average molecular weight is 510 g/mol. The van der Waals surface area contributed by atoms with E-state index in [0.717, 1.165) is 85.9 Å². The summed E-state index contributed by atoms with van der Waals surface area (Å²) in [7, 11) is 2.14. The Kier molecular flexibility index (Phi) is 7.05. The molecule has 5 heterocycles. The number of aromatic nitrogens is 2. The zero-order valence-electron chi connectivity index (χ0n) is 22.1. The van der Waals surface area contributed by atoms with Crippen LogP contribution in [-0.2, 0) is 11.2 Å². The van der Waals surface area contributed by atoms with E-state index in [-0.39, 0.29) is 5.91 Å². The molecule has 2 fully saturated rings. The first-order valence-electron chi connectivity index (χ1n) is 13.7. The maximum atomic E-state index is 13.5. The quantitative estimate of drug-likeness (QED) is 0.563. The lowest BCUT2D eigenvalue weighted by atomic mass is 9.95. The van der Waals surface area contributed by atoms with Crippen LogP contribution >= 0.6 is 0 Å². The number of nitrogens with zero attached hydrogens (tertiary/aromatic N) is 6. The van der Waals surface area contributed by atoms with E-state index >= 15 is 0 Å². The van der Waals surface area contributed by atoms with Gasteiger partial charge in [0.15, 0.2) is 0 Å². The van der Waals surface area contributed by atoms with Crippen LogP contribution in [-0.4, -0.2) is 79.3 Å². The van der Waals surface area contributed by atoms with Gasteiger partial charge in [-0.05, 0) is 68.1 Å². The Morgan fingerprint density at radius 1 is 0.842 bits per heavy atom. The van der Waals surface area contributed by atoms with E-state index in [4.69, 9.17) is 4.99 Å². The SMILES string of the molecule is CN1CCN(c2ccc(NC(=O)C3=NCCCc4ccc(-c5cncc(N6CCCC6)c5)cc43)cn2)CC1. The van der Waals surface area contributed by atoms with Gasteiger partial charge in [-0.3, -0.25) is 14.8 Å². The zero-order valence-corrected chi connectivity index (χ0v) is 22.1. The summed E-state index contributed by atoms with van der Waals surface area (Å²) in [5, 5.41) is 3.04. The van der Waals surface area contributed by atoms with Crippen molar-refractivity contribution < 1.29 is 4.79 Å². The van der Waals surface area contributed by atoms with Crippen LogP contribution in [0.15, 0.2) is 60.0 Å². The summed E-state index contributed by atoms with van der Waals surface area (Å²) in [6, 6.07) is 12.5. The van der Waals surface area contributed by atoms with Gasteiger partial charge in [0, 0.05) is 63.1 Å². The molecule has 3 aromatic rings. The van der Waals surface area contributed by atoms with Crippen molar-refractivity contribution in [2.24, 2.45) is 4.99 Å². The third-order valence-corrected chi connectivity index (χ3v) is 7.82. The number of benzene rings is 1. The van der Waals surface area contributed by atoms with Gasteiger partial charge in [-0.2, -0.15) is 0 Å². The Morgan fingerprint density at radius 3 is 2.47 bits per heavy atom. The number of hydrogen-bond donors (Lipinski definition) is 1. The number of aliphatic imine (C=N–C) groups is 1. The maximum Gasteiger partial charge on any atom is 0.274 e. The first-order chi connectivity index (χ1) is 18.6. The van der Waals surface area contributed by atoms with Gasteiger partial charge < -0.3 is 20.0 Å². The van der Waals surface area contributed by atoms with Crippen LogP contribution in [0.4, 0.5) is 17.2 Å². The lowest BCUT2D eigenvalue weighted by Gasteiger charge is -2.33. The maximum absolute atomic E-state index is 13.5. The zero-order chi connectivity index (χ0) is 25.9. The van der Waals surface area contributed by atoms with Crippen molar-refractivity contribution in [3.8, 4) is 11.1 Å². The molecule has 0 unspecified atom stereocenters. The molecule has 0 spiro atoms. The highest BCUT2D eigenvalue weighted by Gasteiger charge is 2.22. The molecule has 0 atom stereocenters. The highest BCUT2D eigenvalue weighted by Crippen LogP contribution is 2.29. The van der Waals surface area contributed by atoms with E-state index in [2.05, 4.69) is 61.3 Å². The molecule has 0 aliphatic carbocycles. The van der Waals surface area contributed by atoms with Crippen LogP contribution < -0.4 is 15.1 Å². The van der Waals surface area contributed by atoms with E-state index in [0.29, 0.717) is 17.9 Å². The Bertz CT molecular complexity index is 1320. The second kappa shape index (κ2) is 10.9. The number of fused-ring (bicyclic) bond motifs is 1. The molecule has 38 heavy (non-hydrogen) atoms. The number of amides is 1. The number of carbonyl (C=O) groups excluding carboxylic acids is 1. The fourth-order valence-electron chi connectivity index (χ4n) is 5.54. The van der Waals surface area contributed by atoms with Crippen LogP contribution in [0, 0.1) is 0 Å². The summed E-state index contributed by atoms with van der Waals surface area (Å²) in [4.78, 5) is 34.3. The van der Waals surface area contributed by atoms with Crippen molar-refractivity contribution in [3.63, 3.8) is 0 Å². The number of anilines is 3.